The second kappa shape index (κ2) is 9.12. The van der Waals surface area contributed by atoms with Crippen molar-refractivity contribution in [1.29, 1.82) is 0 Å². The number of ether oxygens (including phenoxy) is 3. The van der Waals surface area contributed by atoms with Gasteiger partial charge in [-0.2, -0.15) is 0 Å². The number of amides is 4. The molecule has 3 rings (SSSR count). The monoisotopic (exact) mass is 424 g/mol. The molecule has 2 aromatic rings. The van der Waals surface area contributed by atoms with Crippen molar-refractivity contribution >= 4 is 35.6 Å². The summed E-state index contributed by atoms with van der Waals surface area (Å²) in [5.74, 6) is -1.06. The molecule has 0 aromatic heterocycles. The van der Waals surface area contributed by atoms with Crippen molar-refractivity contribution in [3.63, 3.8) is 0 Å². The molecule has 1 heterocycles. The van der Waals surface area contributed by atoms with Crippen LogP contribution >= 0.6 is 0 Å². The molecule has 9 heteroatoms. The molecular weight excluding hydrogens is 404 g/mol. The highest BCUT2D eigenvalue weighted by atomic mass is 16.6. The minimum Gasteiger partial charge on any atom is -0.497 e. The maximum absolute atomic E-state index is 13.0. The zero-order chi connectivity index (χ0) is 22.5. The van der Waals surface area contributed by atoms with Gasteiger partial charge in [-0.05, 0) is 55.0 Å². The number of hydrogen-bond donors (Lipinski definition) is 1. The Balaban J connectivity index is 1.97. The van der Waals surface area contributed by atoms with Crippen LogP contribution in [-0.4, -0.2) is 37.5 Å². The van der Waals surface area contributed by atoms with Crippen molar-refractivity contribution in [2.75, 3.05) is 18.6 Å². The highest BCUT2D eigenvalue weighted by molar-refractivity contribution is 6.39. The van der Waals surface area contributed by atoms with Gasteiger partial charge in [0.1, 0.15) is 11.3 Å². The summed E-state index contributed by atoms with van der Waals surface area (Å²) in [5.41, 5.74) is 0.488. The van der Waals surface area contributed by atoms with Gasteiger partial charge in [0.25, 0.3) is 11.8 Å². The molecule has 0 bridgehead atoms. The van der Waals surface area contributed by atoms with Crippen LogP contribution in [0.25, 0.3) is 6.08 Å². The Hall–Kier alpha value is -4.14. The number of nitrogens with one attached hydrogen (secondary N) is 1. The molecule has 1 aliphatic heterocycles. The highest BCUT2D eigenvalue weighted by Crippen LogP contribution is 2.30. The van der Waals surface area contributed by atoms with Crippen molar-refractivity contribution in [1.82, 2.24) is 5.32 Å². The predicted molar refractivity (Wildman–Crippen MR) is 111 cm³/mol. The van der Waals surface area contributed by atoms with Crippen molar-refractivity contribution in [3.05, 3.63) is 53.6 Å². The lowest BCUT2D eigenvalue weighted by Gasteiger charge is -2.26. The Morgan fingerprint density at radius 1 is 1.06 bits per heavy atom. The van der Waals surface area contributed by atoms with E-state index in [1.54, 1.807) is 25.1 Å². The quantitative estimate of drug-likeness (QED) is 0.328. The molecule has 1 N–H and O–H groups in total. The zero-order valence-corrected chi connectivity index (χ0v) is 17.1. The zero-order valence-electron chi connectivity index (χ0n) is 17.1. The van der Waals surface area contributed by atoms with Crippen LogP contribution in [0.2, 0.25) is 0 Å². The molecule has 1 fully saturated rings. The van der Waals surface area contributed by atoms with Gasteiger partial charge in [0.15, 0.2) is 11.5 Å². The lowest BCUT2D eigenvalue weighted by Crippen LogP contribution is -2.54. The van der Waals surface area contributed by atoms with E-state index in [9.17, 15) is 19.2 Å². The van der Waals surface area contributed by atoms with Gasteiger partial charge in [-0.1, -0.05) is 6.07 Å². The summed E-state index contributed by atoms with van der Waals surface area (Å²) in [5, 5.41) is 2.16. The molecule has 2 aromatic carbocycles. The standard InChI is InChI=1S/C22H20N2O7/c1-4-30-19-12-14(5-10-18(19)31-13(2)25)11-17-20(26)23-22(28)24(21(17)27)15-6-8-16(29-3)9-7-15/h5-12H,4H2,1-3H3,(H,23,26,28). The first-order valence-corrected chi connectivity index (χ1v) is 9.34. The van der Waals surface area contributed by atoms with Gasteiger partial charge < -0.3 is 14.2 Å². The minimum absolute atomic E-state index is 0.214. The number of hydrogen-bond acceptors (Lipinski definition) is 7. The first kappa shape index (κ1) is 21.6. The Bertz CT molecular complexity index is 1070. The molecule has 4 amide bonds. The molecule has 0 aliphatic carbocycles. The molecular formula is C22H20N2O7. The van der Waals surface area contributed by atoms with Gasteiger partial charge in [-0.15, -0.1) is 0 Å². The number of carbonyl (C=O) groups is 4. The number of anilines is 1. The van der Waals surface area contributed by atoms with Crippen LogP contribution in [0.4, 0.5) is 10.5 Å². The van der Waals surface area contributed by atoms with E-state index in [4.69, 9.17) is 14.2 Å². The summed E-state index contributed by atoms with van der Waals surface area (Å²) in [4.78, 5) is 49.8. The maximum Gasteiger partial charge on any atom is 0.335 e. The number of barbiturate groups is 1. The Labute approximate surface area is 178 Å². The largest absolute Gasteiger partial charge is 0.497 e. The number of methoxy groups -OCH3 is 1. The summed E-state index contributed by atoms with van der Waals surface area (Å²) in [6, 6.07) is 9.99. The highest BCUT2D eigenvalue weighted by Gasteiger charge is 2.36. The number of esters is 1. The van der Waals surface area contributed by atoms with Crippen LogP contribution in [0.15, 0.2) is 48.0 Å². The number of imide groups is 2. The third kappa shape index (κ3) is 4.72. The van der Waals surface area contributed by atoms with Crippen molar-refractivity contribution in [2.24, 2.45) is 0 Å². The minimum atomic E-state index is -0.850. The number of carbonyl (C=O) groups excluding carboxylic acids is 4. The maximum atomic E-state index is 13.0. The second-order valence-corrected chi connectivity index (χ2v) is 6.39. The summed E-state index contributed by atoms with van der Waals surface area (Å²) in [6.07, 6.45) is 1.33. The molecule has 1 saturated heterocycles. The van der Waals surface area contributed by atoms with E-state index in [0.29, 0.717) is 17.9 Å². The Morgan fingerprint density at radius 3 is 2.39 bits per heavy atom. The van der Waals surface area contributed by atoms with E-state index in [2.05, 4.69) is 5.32 Å². The smallest absolute Gasteiger partial charge is 0.335 e. The normalized spacial score (nSPS) is 15.0. The lowest BCUT2D eigenvalue weighted by molar-refractivity contribution is -0.132. The number of rotatable bonds is 6. The molecule has 0 atom stereocenters. The van der Waals surface area contributed by atoms with Crippen LogP contribution in [0.1, 0.15) is 19.4 Å². The lowest BCUT2D eigenvalue weighted by atomic mass is 10.1. The third-order valence-corrected chi connectivity index (χ3v) is 4.26. The topological polar surface area (TPSA) is 111 Å². The van der Waals surface area contributed by atoms with Crippen LogP contribution < -0.4 is 24.4 Å². The van der Waals surface area contributed by atoms with E-state index < -0.39 is 23.8 Å². The number of urea groups is 1. The van der Waals surface area contributed by atoms with E-state index >= 15 is 0 Å². The van der Waals surface area contributed by atoms with Crippen LogP contribution in [0.3, 0.4) is 0 Å². The van der Waals surface area contributed by atoms with E-state index in [1.807, 2.05) is 0 Å². The fourth-order valence-corrected chi connectivity index (χ4v) is 2.91. The van der Waals surface area contributed by atoms with Gasteiger partial charge >= 0.3 is 12.0 Å². The van der Waals surface area contributed by atoms with Crippen molar-refractivity contribution in [2.45, 2.75) is 13.8 Å². The van der Waals surface area contributed by atoms with Gasteiger partial charge in [-0.3, -0.25) is 19.7 Å². The van der Waals surface area contributed by atoms with Gasteiger partial charge in [-0.25, -0.2) is 9.69 Å². The molecule has 9 nitrogen and oxygen atoms in total. The molecule has 0 radical (unpaired) electrons. The van der Waals surface area contributed by atoms with Crippen molar-refractivity contribution < 1.29 is 33.4 Å². The van der Waals surface area contributed by atoms with E-state index in [-0.39, 0.29) is 22.8 Å². The van der Waals surface area contributed by atoms with Crippen molar-refractivity contribution in [3.8, 4) is 17.2 Å². The van der Waals surface area contributed by atoms with E-state index in [0.717, 1.165) is 4.90 Å². The first-order chi connectivity index (χ1) is 14.8. The summed E-state index contributed by atoms with van der Waals surface area (Å²) >= 11 is 0. The summed E-state index contributed by atoms with van der Waals surface area (Å²) in [7, 11) is 1.50. The molecule has 0 spiro atoms. The van der Waals surface area contributed by atoms with E-state index in [1.165, 1.54) is 44.4 Å². The van der Waals surface area contributed by atoms with Crippen LogP contribution in [0, 0.1) is 0 Å². The molecule has 0 unspecified atom stereocenters. The first-order valence-electron chi connectivity index (χ1n) is 9.34. The number of nitrogens with zero attached hydrogens (tertiary/aromatic N) is 1. The van der Waals surface area contributed by atoms with Crippen LogP contribution in [-0.2, 0) is 14.4 Å². The summed E-state index contributed by atoms with van der Waals surface area (Å²) in [6.45, 7) is 3.34. The van der Waals surface area contributed by atoms with Gasteiger partial charge in [0.2, 0.25) is 0 Å². The Morgan fingerprint density at radius 2 is 1.77 bits per heavy atom. The average Bonchev–Trinajstić information content (AvgIpc) is 2.73. The second-order valence-electron chi connectivity index (χ2n) is 6.39. The van der Waals surface area contributed by atoms with Gasteiger partial charge in [0, 0.05) is 6.92 Å². The SMILES string of the molecule is CCOc1cc(C=C2C(=O)NC(=O)N(c3ccc(OC)cc3)C2=O)ccc1OC(C)=O. The third-order valence-electron chi connectivity index (χ3n) is 4.26. The summed E-state index contributed by atoms with van der Waals surface area (Å²) < 4.78 is 15.7. The van der Waals surface area contributed by atoms with Crippen LogP contribution in [0.5, 0.6) is 17.2 Å². The predicted octanol–water partition coefficient (Wildman–Crippen LogP) is 2.69. The van der Waals surface area contributed by atoms with Gasteiger partial charge in [0.05, 0.1) is 19.4 Å². The number of benzene rings is 2. The fraction of sp³-hybridized carbons (Fsp3) is 0.182. The molecule has 1 aliphatic rings. The fourth-order valence-electron chi connectivity index (χ4n) is 2.91. The molecule has 0 saturated carbocycles. The Kier molecular flexibility index (Phi) is 6.35. The average molecular weight is 424 g/mol. The molecule has 160 valence electrons. The molecule has 31 heavy (non-hydrogen) atoms.